The van der Waals surface area contributed by atoms with Gasteiger partial charge in [0.05, 0.1) is 32.4 Å². The highest BCUT2D eigenvalue weighted by molar-refractivity contribution is 7.22. The van der Waals surface area contributed by atoms with Gasteiger partial charge in [-0.15, -0.1) is 0 Å². The fourth-order valence-electron chi connectivity index (χ4n) is 3.03. The number of anilines is 1. The Balaban J connectivity index is 2.02. The quantitative estimate of drug-likeness (QED) is 0.639. The Bertz CT molecular complexity index is 987. The highest BCUT2D eigenvalue weighted by atomic mass is 35.5. The predicted molar refractivity (Wildman–Crippen MR) is 116 cm³/mol. The molecule has 1 amide bonds. The molecule has 5 nitrogen and oxygen atoms in total. The van der Waals surface area contributed by atoms with Gasteiger partial charge in [-0.3, -0.25) is 9.69 Å². The maximum absolute atomic E-state index is 13.3. The number of aromatic nitrogens is 1. The van der Waals surface area contributed by atoms with Gasteiger partial charge in [0.15, 0.2) is 5.13 Å². The molecule has 0 aliphatic carbocycles. The number of hydrogen-bond acceptors (Lipinski definition) is 4. The van der Waals surface area contributed by atoms with Crippen LogP contribution in [-0.2, 0) is 0 Å². The number of rotatable bonds is 7. The minimum atomic E-state index is -0.0908. The fourth-order valence-corrected chi connectivity index (χ4v) is 4.30. The van der Waals surface area contributed by atoms with Gasteiger partial charge < -0.3 is 9.64 Å². The van der Waals surface area contributed by atoms with Gasteiger partial charge in [0.1, 0.15) is 11.3 Å². The van der Waals surface area contributed by atoms with E-state index in [-0.39, 0.29) is 5.91 Å². The van der Waals surface area contributed by atoms with Crippen molar-refractivity contribution in [3.8, 4) is 5.75 Å². The Kier molecular flexibility index (Phi) is 6.54. The molecule has 28 heavy (non-hydrogen) atoms. The number of amides is 1. The number of thiazole rings is 1. The number of carbonyl (C=O) groups excluding carboxylic acids is 1. The zero-order valence-corrected chi connectivity index (χ0v) is 18.2. The van der Waals surface area contributed by atoms with Crippen LogP contribution in [0.2, 0.25) is 5.02 Å². The Hall–Kier alpha value is -2.15. The number of benzene rings is 2. The number of carbonyl (C=O) groups is 1. The molecule has 0 aliphatic heterocycles. The van der Waals surface area contributed by atoms with E-state index in [0.29, 0.717) is 22.3 Å². The van der Waals surface area contributed by atoms with Crippen molar-refractivity contribution < 1.29 is 14.4 Å². The van der Waals surface area contributed by atoms with E-state index < -0.39 is 0 Å². The predicted octanol–water partition coefficient (Wildman–Crippen LogP) is 3.45. The van der Waals surface area contributed by atoms with E-state index in [1.165, 1.54) is 16.2 Å². The summed E-state index contributed by atoms with van der Waals surface area (Å²) >= 11 is 7.63. The van der Waals surface area contributed by atoms with Gasteiger partial charge in [-0.05, 0) is 36.8 Å². The lowest BCUT2D eigenvalue weighted by Gasteiger charge is -2.20. The number of hydrogen-bond donors (Lipinski definition) is 1. The molecule has 0 unspecified atom stereocenters. The summed E-state index contributed by atoms with van der Waals surface area (Å²) in [6.45, 7) is 3.60. The standard InChI is InChI=1S/C21H24ClN3O2S/c1-14-9-10-17(27-4)18-19(14)28-21(23-18)25(12-6-11-24(2)3)20(26)15-7-5-8-16(22)13-15/h5,7-10,13H,6,11-12H2,1-4H3/p+1. The zero-order valence-electron chi connectivity index (χ0n) is 16.6. The van der Waals surface area contributed by atoms with Crippen molar-refractivity contribution in [2.24, 2.45) is 0 Å². The lowest BCUT2D eigenvalue weighted by Crippen LogP contribution is -3.05. The number of methoxy groups -OCH3 is 1. The van der Waals surface area contributed by atoms with Crippen molar-refractivity contribution in [2.45, 2.75) is 13.3 Å². The van der Waals surface area contributed by atoms with Crippen molar-refractivity contribution in [3.05, 3.63) is 52.5 Å². The van der Waals surface area contributed by atoms with E-state index in [1.807, 2.05) is 19.1 Å². The molecule has 1 heterocycles. The largest absolute Gasteiger partial charge is 0.494 e. The van der Waals surface area contributed by atoms with Crippen LogP contribution in [0.3, 0.4) is 0 Å². The summed E-state index contributed by atoms with van der Waals surface area (Å²) in [7, 11) is 5.85. The Morgan fingerprint density at radius 3 is 2.75 bits per heavy atom. The van der Waals surface area contributed by atoms with Crippen molar-refractivity contribution in [3.63, 3.8) is 0 Å². The summed E-state index contributed by atoms with van der Waals surface area (Å²) in [5.41, 5.74) is 2.48. The van der Waals surface area contributed by atoms with E-state index in [0.717, 1.165) is 34.5 Å². The molecular weight excluding hydrogens is 394 g/mol. The van der Waals surface area contributed by atoms with Crippen LogP contribution < -0.4 is 14.5 Å². The minimum Gasteiger partial charge on any atom is -0.494 e. The zero-order chi connectivity index (χ0) is 20.3. The smallest absolute Gasteiger partial charge is 0.260 e. The second-order valence-corrected chi connectivity index (χ2v) is 8.45. The first-order valence-corrected chi connectivity index (χ1v) is 10.4. The average molecular weight is 419 g/mol. The molecule has 0 fully saturated rings. The molecule has 3 rings (SSSR count). The van der Waals surface area contributed by atoms with Crippen LogP contribution in [0.5, 0.6) is 5.75 Å². The summed E-state index contributed by atoms with van der Waals surface area (Å²) in [4.78, 5) is 21.2. The molecule has 0 aliphatic rings. The third-order valence-electron chi connectivity index (χ3n) is 4.52. The summed E-state index contributed by atoms with van der Waals surface area (Å²) in [6, 6.07) is 11.0. The molecule has 0 radical (unpaired) electrons. The molecule has 7 heteroatoms. The number of quaternary nitrogens is 1. The molecule has 0 spiro atoms. The minimum absolute atomic E-state index is 0.0908. The molecule has 3 aromatic rings. The summed E-state index contributed by atoms with van der Waals surface area (Å²) < 4.78 is 6.51. The van der Waals surface area contributed by atoms with E-state index in [1.54, 1.807) is 36.3 Å². The first-order valence-electron chi connectivity index (χ1n) is 9.21. The molecule has 1 N–H and O–H groups in total. The maximum atomic E-state index is 13.3. The Morgan fingerprint density at radius 1 is 1.29 bits per heavy atom. The van der Waals surface area contributed by atoms with E-state index >= 15 is 0 Å². The van der Waals surface area contributed by atoms with Gasteiger partial charge in [-0.25, -0.2) is 4.98 Å². The molecule has 2 aromatic carbocycles. The molecule has 0 bridgehead atoms. The number of nitrogens with one attached hydrogen (secondary N) is 1. The number of fused-ring (bicyclic) bond motifs is 1. The summed E-state index contributed by atoms with van der Waals surface area (Å²) in [6.07, 6.45) is 0.876. The van der Waals surface area contributed by atoms with E-state index in [2.05, 4.69) is 14.1 Å². The molecule has 0 saturated carbocycles. The van der Waals surface area contributed by atoms with Crippen LogP contribution >= 0.6 is 22.9 Å². The van der Waals surface area contributed by atoms with Crippen molar-refractivity contribution in [1.29, 1.82) is 0 Å². The van der Waals surface area contributed by atoms with Crippen molar-refractivity contribution >= 4 is 44.2 Å². The number of ether oxygens (including phenoxy) is 1. The van der Waals surface area contributed by atoms with Crippen LogP contribution in [0.25, 0.3) is 10.2 Å². The second-order valence-electron chi connectivity index (χ2n) is 7.04. The summed E-state index contributed by atoms with van der Waals surface area (Å²) in [5, 5.41) is 1.23. The number of aryl methyl sites for hydroxylation is 1. The fraction of sp³-hybridized carbons (Fsp3) is 0.333. The van der Waals surface area contributed by atoms with Gasteiger partial charge >= 0.3 is 0 Å². The molecule has 148 valence electrons. The third-order valence-corrected chi connectivity index (χ3v) is 5.97. The topological polar surface area (TPSA) is 46.9 Å². The lowest BCUT2D eigenvalue weighted by atomic mass is 10.2. The third kappa shape index (κ3) is 4.46. The molecule has 0 atom stereocenters. The monoisotopic (exact) mass is 418 g/mol. The van der Waals surface area contributed by atoms with Gasteiger partial charge in [-0.2, -0.15) is 0 Å². The normalized spacial score (nSPS) is 11.2. The molecule has 0 saturated heterocycles. The maximum Gasteiger partial charge on any atom is 0.260 e. The van der Waals surface area contributed by atoms with Crippen LogP contribution in [0.1, 0.15) is 22.3 Å². The van der Waals surface area contributed by atoms with Crippen molar-refractivity contribution in [2.75, 3.05) is 39.2 Å². The van der Waals surface area contributed by atoms with Crippen LogP contribution in [0.4, 0.5) is 5.13 Å². The number of nitrogens with zero attached hydrogens (tertiary/aromatic N) is 2. The van der Waals surface area contributed by atoms with E-state index in [9.17, 15) is 4.79 Å². The highest BCUT2D eigenvalue weighted by Crippen LogP contribution is 2.37. The SMILES string of the molecule is COc1ccc(C)c2sc(N(CCC[NH+](C)C)C(=O)c3cccc(Cl)c3)nc12. The van der Waals surface area contributed by atoms with Gasteiger partial charge in [0.25, 0.3) is 5.91 Å². The first kappa shape index (κ1) is 20.6. The van der Waals surface area contributed by atoms with Crippen molar-refractivity contribution in [1.82, 2.24) is 4.98 Å². The van der Waals surface area contributed by atoms with Gasteiger partial charge in [0.2, 0.25) is 0 Å². The average Bonchev–Trinajstić information content (AvgIpc) is 3.11. The van der Waals surface area contributed by atoms with Crippen LogP contribution in [-0.4, -0.2) is 45.2 Å². The molecule has 1 aromatic heterocycles. The van der Waals surface area contributed by atoms with Gasteiger partial charge in [0, 0.05) is 23.6 Å². The van der Waals surface area contributed by atoms with E-state index in [4.69, 9.17) is 21.3 Å². The lowest BCUT2D eigenvalue weighted by molar-refractivity contribution is -0.858. The van der Waals surface area contributed by atoms with Crippen LogP contribution in [0, 0.1) is 6.92 Å². The number of halogens is 1. The van der Waals surface area contributed by atoms with Crippen LogP contribution in [0.15, 0.2) is 36.4 Å². The first-order chi connectivity index (χ1) is 13.4. The summed E-state index contributed by atoms with van der Waals surface area (Å²) in [5.74, 6) is 0.628. The highest BCUT2D eigenvalue weighted by Gasteiger charge is 2.23. The van der Waals surface area contributed by atoms with Gasteiger partial charge in [-0.1, -0.05) is 35.1 Å². The Morgan fingerprint density at radius 2 is 2.07 bits per heavy atom. The Labute approximate surface area is 174 Å². The molecular formula is C21H25ClN3O2S+. The second kappa shape index (κ2) is 8.90.